The predicted octanol–water partition coefficient (Wildman–Crippen LogP) is 12.1. The van der Waals surface area contributed by atoms with Crippen LogP contribution in [0.2, 0.25) is 0 Å². The van der Waals surface area contributed by atoms with Crippen molar-refractivity contribution < 1.29 is 0 Å². The van der Waals surface area contributed by atoms with Crippen LogP contribution in [0.1, 0.15) is 170 Å². The van der Waals surface area contributed by atoms with E-state index in [1.54, 1.807) is 0 Å². The van der Waals surface area contributed by atoms with Crippen molar-refractivity contribution in [3.05, 3.63) is 0 Å². The smallest absolute Gasteiger partial charge is 0.00675 e. The summed E-state index contributed by atoms with van der Waals surface area (Å²) in [5.74, 6) is 6.88. The highest BCUT2D eigenvalue weighted by Gasteiger charge is 2.30. The van der Waals surface area contributed by atoms with E-state index in [1.165, 1.54) is 140 Å². The summed E-state index contributed by atoms with van der Waals surface area (Å²) in [6.07, 6.45) is 29.8. The Morgan fingerprint density at radius 2 is 0.743 bits per heavy atom. The van der Waals surface area contributed by atoms with Gasteiger partial charge in [-0.05, 0) is 84.5 Å². The Balaban J connectivity index is 1.27. The van der Waals surface area contributed by atoms with Crippen LogP contribution < -0.4 is 0 Å². The average Bonchev–Trinajstić information content (AvgIpc) is 2.81. The molecule has 2 saturated carbocycles. The summed E-state index contributed by atoms with van der Waals surface area (Å²) in [5.41, 5.74) is 1.07. The van der Waals surface area contributed by atoms with E-state index in [9.17, 15) is 0 Å². The van der Waals surface area contributed by atoms with Crippen LogP contribution in [0.4, 0.5) is 0 Å². The number of thioether (sulfide) groups is 1. The van der Waals surface area contributed by atoms with E-state index in [-0.39, 0.29) is 0 Å². The second-order valence-electron chi connectivity index (χ2n) is 14.9. The molecule has 0 amide bonds. The Labute approximate surface area is 227 Å². The minimum Gasteiger partial charge on any atom is -0.162 e. The first-order chi connectivity index (χ1) is 16.7. The molecule has 35 heavy (non-hydrogen) atoms. The maximum Gasteiger partial charge on any atom is -0.00675 e. The molecule has 0 atom stereocenters. The average molecular weight is 507 g/mol. The second kappa shape index (κ2) is 17.0. The predicted molar refractivity (Wildman–Crippen MR) is 163 cm³/mol. The van der Waals surface area contributed by atoms with Crippen molar-refractivity contribution in [2.24, 2.45) is 34.5 Å². The Bertz CT molecular complexity index is 448. The lowest BCUT2D eigenvalue weighted by molar-refractivity contribution is 0.145. The van der Waals surface area contributed by atoms with Gasteiger partial charge in [0.05, 0.1) is 0 Å². The van der Waals surface area contributed by atoms with Gasteiger partial charge in [0, 0.05) is 0 Å². The molecule has 0 unspecified atom stereocenters. The van der Waals surface area contributed by atoms with Gasteiger partial charge in [0.1, 0.15) is 0 Å². The van der Waals surface area contributed by atoms with Gasteiger partial charge in [-0.3, -0.25) is 0 Å². The zero-order valence-electron chi connectivity index (χ0n) is 25.3. The topological polar surface area (TPSA) is 0 Å². The molecule has 0 aliphatic heterocycles. The van der Waals surface area contributed by atoms with Crippen molar-refractivity contribution in [3.8, 4) is 0 Å². The SMILES string of the molecule is CC(C)(C)C1CCC(CCCCCCCSCCCCCCCC2CCC(C(C)(C)C)CC2)CC1. The maximum absolute atomic E-state index is 2.44. The van der Waals surface area contributed by atoms with E-state index in [0.717, 1.165) is 23.7 Å². The van der Waals surface area contributed by atoms with Crippen molar-refractivity contribution in [1.29, 1.82) is 0 Å². The van der Waals surface area contributed by atoms with Crippen LogP contribution in [0.25, 0.3) is 0 Å². The number of unbranched alkanes of at least 4 members (excludes halogenated alkanes) is 8. The van der Waals surface area contributed by atoms with Crippen molar-refractivity contribution >= 4 is 11.8 Å². The first-order valence-corrected chi connectivity index (χ1v) is 17.4. The Hall–Kier alpha value is 0.350. The molecule has 0 radical (unpaired) electrons. The van der Waals surface area contributed by atoms with Crippen LogP contribution >= 0.6 is 11.8 Å². The minimum atomic E-state index is 0.536. The second-order valence-corrected chi connectivity index (χ2v) is 16.1. The fraction of sp³-hybridized carbons (Fsp3) is 1.00. The van der Waals surface area contributed by atoms with Gasteiger partial charge < -0.3 is 0 Å². The van der Waals surface area contributed by atoms with Crippen LogP contribution in [-0.4, -0.2) is 11.5 Å². The van der Waals surface area contributed by atoms with Gasteiger partial charge in [0.2, 0.25) is 0 Å². The number of rotatable bonds is 16. The van der Waals surface area contributed by atoms with E-state index in [4.69, 9.17) is 0 Å². The van der Waals surface area contributed by atoms with Gasteiger partial charge >= 0.3 is 0 Å². The third-order valence-electron chi connectivity index (χ3n) is 9.95. The molecule has 1 heteroatoms. The standard InChI is InChI=1S/C34H66S/c1-33(2,3)31-23-19-29(20-24-31)17-13-9-7-11-15-27-35-28-16-12-8-10-14-18-30-21-25-32(26-22-30)34(4,5)6/h29-32H,7-28H2,1-6H3. The first kappa shape index (κ1) is 31.6. The molecular weight excluding hydrogens is 440 g/mol. The fourth-order valence-electron chi connectivity index (χ4n) is 7.07. The van der Waals surface area contributed by atoms with E-state index in [2.05, 4.69) is 53.3 Å². The summed E-state index contributed by atoms with van der Waals surface area (Å²) in [7, 11) is 0. The van der Waals surface area contributed by atoms with E-state index in [1.807, 2.05) is 0 Å². The lowest BCUT2D eigenvalue weighted by Gasteiger charge is -2.37. The third kappa shape index (κ3) is 14.2. The van der Waals surface area contributed by atoms with Crippen LogP contribution in [-0.2, 0) is 0 Å². The molecule has 2 aliphatic rings. The van der Waals surface area contributed by atoms with Gasteiger partial charge in [-0.15, -0.1) is 0 Å². The molecule has 0 aromatic carbocycles. The molecule has 0 aromatic heterocycles. The van der Waals surface area contributed by atoms with Gasteiger partial charge in [-0.25, -0.2) is 0 Å². The summed E-state index contributed by atoms with van der Waals surface area (Å²) in [4.78, 5) is 0. The minimum absolute atomic E-state index is 0.536. The largest absolute Gasteiger partial charge is 0.162 e. The molecule has 2 aliphatic carbocycles. The van der Waals surface area contributed by atoms with Crippen molar-refractivity contribution in [2.75, 3.05) is 11.5 Å². The molecule has 0 aromatic rings. The monoisotopic (exact) mass is 506 g/mol. The normalized spacial score (nSPS) is 26.2. The molecule has 0 nitrogen and oxygen atoms in total. The molecule has 0 heterocycles. The van der Waals surface area contributed by atoms with Gasteiger partial charge in [0.25, 0.3) is 0 Å². The highest BCUT2D eigenvalue weighted by molar-refractivity contribution is 7.99. The summed E-state index contributed by atoms with van der Waals surface area (Å²) in [6, 6.07) is 0. The number of hydrogen-bond donors (Lipinski definition) is 0. The Kier molecular flexibility index (Phi) is 15.4. The van der Waals surface area contributed by atoms with Gasteiger partial charge in [-0.2, -0.15) is 11.8 Å². The zero-order chi connectivity index (χ0) is 25.6. The highest BCUT2D eigenvalue weighted by Crippen LogP contribution is 2.42. The van der Waals surface area contributed by atoms with Crippen LogP contribution in [0, 0.1) is 34.5 Å². The maximum atomic E-state index is 2.44. The molecule has 0 saturated heterocycles. The van der Waals surface area contributed by atoms with E-state index in [0.29, 0.717) is 10.8 Å². The molecule has 208 valence electrons. The Morgan fingerprint density at radius 3 is 1.09 bits per heavy atom. The number of hydrogen-bond acceptors (Lipinski definition) is 1. The molecule has 2 rings (SSSR count). The van der Waals surface area contributed by atoms with E-state index < -0.39 is 0 Å². The van der Waals surface area contributed by atoms with Crippen LogP contribution in [0.5, 0.6) is 0 Å². The summed E-state index contributed by atoms with van der Waals surface area (Å²) < 4.78 is 0. The molecule has 0 spiro atoms. The lowest BCUT2D eigenvalue weighted by Crippen LogP contribution is -2.25. The summed E-state index contributed by atoms with van der Waals surface area (Å²) >= 11 is 2.23. The summed E-state index contributed by atoms with van der Waals surface area (Å²) in [6.45, 7) is 14.6. The van der Waals surface area contributed by atoms with Crippen LogP contribution in [0.15, 0.2) is 0 Å². The third-order valence-corrected chi connectivity index (χ3v) is 11.1. The molecule has 0 N–H and O–H groups in total. The zero-order valence-corrected chi connectivity index (χ0v) is 26.1. The summed E-state index contributed by atoms with van der Waals surface area (Å²) in [5, 5.41) is 0. The highest BCUT2D eigenvalue weighted by atomic mass is 32.2. The fourth-order valence-corrected chi connectivity index (χ4v) is 8.09. The lowest BCUT2D eigenvalue weighted by atomic mass is 9.69. The molecule has 0 bridgehead atoms. The quantitative estimate of drug-likeness (QED) is 0.187. The first-order valence-electron chi connectivity index (χ1n) is 16.2. The molecule has 2 fully saturated rings. The molecular formula is C34H66S. The van der Waals surface area contributed by atoms with Gasteiger partial charge in [-0.1, -0.05) is 131 Å². The van der Waals surface area contributed by atoms with Crippen molar-refractivity contribution in [2.45, 2.75) is 170 Å². The van der Waals surface area contributed by atoms with E-state index >= 15 is 0 Å². The Morgan fingerprint density at radius 1 is 0.429 bits per heavy atom. The van der Waals surface area contributed by atoms with Gasteiger partial charge in [0.15, 0.2) is 0 Å². The van der Waals surface area contributed by atoms with Crippen molar-refractivity contribution in [3.63, 3.8) is 0 Å². The van der Waals surface area contributed by atoms with Crippen molar-refractivity contribution in [1.82, 2.24) is 0 Å². The van der Waals surface area contributed by atoms with Crippen LogP contribution in [0.3, 0.4) is 0 Å².